The van der Waals surface area contributed by atoms with E-state index in [4.69, 9.17) is 0 Å². The molecule has 0 saturated carbocycles. The Labute approximate surface area is 123 Å². The molecule has 0 rings (SSSR count). The van der Waals surface area contributed by atoms with Crippen LogP contribution in [0.3, 0.4) is 0 Å². The van der Waals surface area contributed by atoms with Gasteiger partial charge in [0.15, 0.2) is 0 Å². The van der Waals surface area contributed by atoms with E-state index in [1.54, 1.807) is 0 Å². The van der Waals surface area contributed by atoms with Crippen molar-refractivity contribution in [2.24, 2.45) is 0 Å². The number of rotatable bonds is 0. The predicted octanol–water partition coefficient (Wildman–Crippen LogP) is -14.4. The van der Waals surface area contributed by atoms with Crippen molar-refractivity contribution in [3.8, 4) is 0 Å². The SMILES string of the molecule is O.O.[Ca+2].[Cl-].[Cl-].[Cl-].[Cl-].[Pb+2]. The molecule has 0 unspecified atom stereocenters. The second-order valence-electron chi connectivity index (χ2n) is 0. The van der Waals surface area contributed by atoms with Crippen LogP contribution >= 0.6 is 0 Å². The van der Waals surface area contributed by atoms with Crippen LogP contribution in [-0.4, -0.2) is 76.0 Å². The molecule has 0 aliphatic heterocycles. The molecule has 0 spiro atoms. The van der Waals surface area contributed by atoms with Gasteiger partial charge >= 0.3 is 65.0 Å². The van der Waals surface area contributed by atoms with E-state index in [2.05, 4.69) is 0 Å². The summed E-state index contributed by atoms with van der Waals surface area (Å²) in [6, 6.07) is 0. The van der Waals surface area contributed by atoms with Crippen molar-refractivity contribution >= 4 is 65.0 Å². The molecule has 0 aromatic rings. The summed E-state index contributed by atoms with van der Waals surface area (Å²) in [4.78, 5) is 0. The smallest absolute Gasteiger partial charge is 1.00 e. The van der Waals surface area contributed by atoms with E-state index in [9.17, 15) is 0 Å². The van der Waals surface area contributed by atoms with Gasteiger partial charge in [0.1, 0.15) is 0 Å². The van der Waals surface area contributed by atoms with Crippen molar-refractivity contribution in [1.82, 2.24) is 0 Å². The third-order valence-corrected chi connectivity index (χ3v) is 0. The van der Waals surface area contributed by atoms with Gasteiger partial charge in [-0.2, -0.15) is 0 Å². The zero-order valence-electron chi connectivity index (χ0n) is 3.72. The summed E-state index contributed by atoms with van der Waals surface area (Å²) in [6.07, 6.45) is 0. The van der Waals surface area contributed by atoms with Crippen molar-refractivity contribution in [3.63, 3.8) is 0 Å². The van der Waals surface area contributed by atoms with Crippen molar-refractivity contribution in [3.05, 3.63) is 0 Å². The average Bonchev–Trinajstić information content (AvgIpc) is 0. The molecule has 0 atom stereocenters. The molecule has 0 aliphatic carbocycles. The Morgan fingerprint density at radius 3 is 0.500 bits per heavy atom. The van der Waals surface area contributed by atoms with E-state index < -0.39 is 0 Å². The standard InChI is InChI=1S/Ca.4ClH.2H2O.Pb/h;4*1H;2*1H2;/q+2;;;;;;;+2/p-4. The topological polar surface area (TPSA) is 63.0 Å². The van der Waals surface area contributed by atoms with Crippen LogP contribution in [0.25, 0.3) is 0 Å². The molecule has 8 heteroatoms. The molecule has 50 valence electrons. The summed E-state index contributed by atoms with van der Waals surface area (Å²) in [6.45, 7) is 0. The Hall–Kier alpha value is 3.26. The maximum absolute atomic E-state index is 0. The van der Waals surface area contributed by atoms with E-state index in [1.807, 2.05) is 0 Å². The molecular weight excluding hydrogens is 421 g/mol. The zero-order valence-corrected chi connectivity index (χ0v) is 12.8. The molecule has 4 N–H and O–H groups in total. The van der Waals surface area contributed by atoms with Crippen LogP contribution in [0.15, 0.2) is 0 Å². The monoisotopic (exact) mass is 424 g/mol. The minimum atomic E-state index is 0. The van der Waals surface area contributed by atoms with Crippen molar-refractivity contribution < 1.29 is 60.6 Å². The van der Waals surface area contributed by atoms with Crippen molar-refractivity contribution in [2.45, 2.75) is 0 Å². The van der Waals surface area contributed by atoms with Crippen molar-refractivity contribution in [2.75, 3.05) is 0 Å². The third-order valence-electron chi connectivity index (χ3n) is 0. The first-order valence-electron chi connectivity index (χ1n) is 0. The van der Waals surface area contributed by atoms with Crippen LogP contribution in [-0.2, 0) is 0 Å². The molecule has 0 aromatic carbocycles. The predicted molar refractivity (Wildman–Crippen MR) is 18.7 cm³/mol. The van der Waals surface area contributed by atoms with Gasteiger partial charge in [-0.1, -0.05) is 0 Å². The van der Waals surface area contributed by atoms with Crippen LogP contribution in [0.4, 0.5) is 0 Å². The molecule has 0 heterocycles. The summed E-state index contributed by atoms with van der Waals surface area (Å²) in [7, 11) is 0. The van der Waals surface area contributed by atoms with Gasteiger partial charge in [-0.3, -0.25) is 0 Å². The Kier molecular flexibility index (Phi) is 1150. The maximum atomic E-state index is 0. The van der Waals surface area contributed by atoms with Crippen LogP contribution in [0, 0.1) is 0 Å². The van der Waals surface area contributed by atoms with E-state index in [-0.39, 0.29) is 126 Å². The number of halogens is 4. The largest absolute Gasteiger partial charge is 2.00 e. The van der Waals surface area contributed by atoms with E-state index in [0.29, 0.717) is 0 Å². The summed E-state index contributed by atoms with van der Waals surface area (Å²) < 4.78 is 0. The Morgan fingerprint density at radius 2 is 0.500 bits per heavy atom. The Morgan fingerprint density at radius 1 is 0.500 bits per heavy atom. The first-order chi connectivity index (χ1) is 0. The minimum absolute atomic E-state index is 0. The third kappa shape index (κ3) is 59.4. The normalized spacial score (nSPS) is 0. The second-order valence-corrected chi connectivity index (χ2v) is 0. The van der Waals surface area contributed by atoms with Gasteiger partial charge in [0.2, 0.25) is 0 Å². The number of hydrogen-bond acceptors (Lipinski definition) is 0. The average molecular weight is 425 g/mol. The zero-order chi connectivity index (χ0) is 0. The van der Waals surface area contributed by atoms with Crippen LogP contribution < -0.4 is 49.6 Å². The second kappa shape index (κ2) is 82.7. The van der Waals surface area contributed by atoms with Gasteiger partial charge in [0.25, 0.3) is 0 Å². The molecule has 0 amide bonds. The quantitative estimate of drug-likeness (QED) is 0.347. The minimum Gasteiger partial charge on any atom is -1.00 e. The molecular formula is H4CaCl4O2Pb. The fourth-order valence-corrected chi connectivity index (χ4v) is 0. The first kappa shape index (κ1) is 111. The molecule has 2 radical (unpaired) electrons. The Bertz CT molecular complexity index is 14.0. The van der Waals surface area contributed by atoms with Gasteiger partial charge in [0.05, 0.1) is 0 Å². The molecule has 8 heavy (non-hydrogen) atoms. The molecule has 0 bridgehead atoms. The molecule has 0 aromatic heterocycles. The van der Waals surface area contributed by atoms with E-state index >= 15 is 0 Å². The maximum Gasteiger partial charge on any atom is 2.00 e. The fourth-order valence-electron chi connectivity index (χ4n) is 0. The van der Waals surface area contributed by atoms with E-state index in [0.717, 1.165) is 0 Å². The van der Waals surface area contributed by atoms with Gasteiger partial charge in [-0.25, -0.2) is 0 Å². The van der Waals surface area contributed by atoms with Gasteiger partial charge < -0.3 is 60.6 Å². The molecule has 2 nitrogen and oxygen atoms in total. The van der Waals surface area contributed by atoms with E-state index in [1.165, 1.54) is 0 Å². The Balaban J connectivity index is 0. The number of hydrogen-bond donors (Lipinski definition) is 0. The van der Waals surface area contributed by atoms with Gasteiger partial charge in [-0.05, 0) is 0 Å². The summed E-state index contributed by atoms with van der Waals surface area (Å²) in [5.41, 5.74) is 0. The molecule has 0 aliphatic rings. The summed E-state index contributed by atoms with van der Waals surface area (Å²) in [5.74, 6) is 0. The molecule has 0 saturated heterocycles. The fraction of sp³-hybridized carbons (Fsp3) is 0. The van der Waals surface area contributed by atoms with Gasteiger partial charge in [0, 0.05) is 0 Å². The van der Waals surface area contributed by atoms with Crippen LogP contribution in [0.1, 0.15) is 0 Å². The molecule has 0 fully saturated rings. The first-order valence-corrected chi connectivity index (χ1v) is 0. The van der Waals surface area contributed by atoms with Crippen LogP contribution in [0.5, 0.6) is 0 Å². The van der Waals surface area contributed by atoms with Gasteiger partial charge in [-0.15, -0.1) is 0 Å². The summed E-state index contributed by atoms with van der Waals surface area (Å²) in [5, 5.41) is 0. The summed E-state index contributed by atoms with van der Waals surface area (Å²) >= 11 is 0. The van der Waals surface area contributed by atoms with Crippen molar-refractivity contribution in [1.29, 1.82) is 0 Å². The van der Waals surface area contributed by atoms with Crippen LogP contribution in [0.2, 0.25) is 0 Å².